The zero-order valence-electron chi connectivity index (χ0n) is 8.18. The zero-order chi connectivity index (χ0) is 11.0. The third-order valence-corrected chi connectivity index (χ3v) is 2.29. The van der Waals surface area contributed by atoms with E-state index in [0.29, 0.717) is 22.6 Å². The van der Waals surface area contributed by atoms with Crippen LogP contribution in [0.4, 0.5) is 4.39 Å². The number of fused-ring (bicyclic) bond motifs is 1. The van der Waals surface area contributed by atoms with E-state index in [9.17, 15) is 4.39 Å². The SMILES string of the molecule is Fc1ccccc1-c1nc2cncnc2[nH]1. The van der Waals surface area contributed by atoms with Gasteiger partial charge < -0.3 is 4.98 Å². The van der Waals surface area contributed by atoms with Gasteiger partial charge in [-0.15, -0.1) is 0 Å². The summed E-state index contributed by atoms with van der Waals surface area (Å²) in [5.74, 6) is 0.156. The van der Waals surface area contributed by atoms with E-state index in [-0.39, 0.29) is 5.82 Å². The van der Waals surface area contributed by atoms with Gasteiger partial charge in [-0.05, 0) is 12.1 Å². The van der Waals surface area contributed by atoms with E-state index in [2.05, 4.69) is 19.9 Å². The Hall–Kier alpha value is -2.30. The van der Waals surface area contributed by atoms with Gasteiger partial charge in [-0.3, -0.25) is 0 Å². The molecule has 78 valence electrons. The molecule has 0 saturated heterocycles. The van der Waals surface area contributed by atoms with E-state index in [4.69, 9.17) is 0 Å². The molecule has 0 radical (unpaired) electrons. The smallest absolute Gasteiger partial charge is 0.161 e. The molecule has 2 aromatic heterocycles. The average Bonchev–Trinajstić information content (AvgIpc) is 2.73. The molecular weight excluding hydrogens is 207 g/mol. The van der Waals surface area contributed by atoms with Crippen LogP contribution in [0.3, 0.4) is 0 Å². The lowest BCUT2D eigenvalue weighted by Gasteiger charge is -1.96. The number of imidazole rings is 1. The molecular formula is C11H7FN4. The summed E-state index contributed by atoms with van der Waals surface area (Å²) in [6.45, 7) is 0. The standard InChI is InChI=1S/C11H7FN4/c12-8-4-2-1-3-7(8)10-15-9-5-13-6-14-11(9)16-10/h1-6H,(H,13,14,15,16). The number of hydrogen-bond acceptors (Lipinski definition) is 3. The van der Waals surface area contributed by atoms with Gasteiger partial charge in [0.1, 0.15) is 23.5 Å². The molecule has 0 saturated carbocycles. The number of nitrogens with one attached hydrogen (secondary N) is 1. The molecule has 0 aliphatic rings. The average molecular weight is 214 g/mol. The molecule has 1 aromatic carbocycles. The summed E-state index contributed by atoms with van der Waals surface area (Å²) in [5, 5.41) is 0. The molecule has 0 atom stereocenters. The van der Waals surface area contributed by atoms with Gasteiger partial charge >= 0.3 is 0 Å². The van der Waals surface area contributed by atoms with Crippen LogP contribution in [0.15, 0.2) is 36.8 Å². The lowest BCUT2D eigenvalue weighted by molar-refractivity contribution is 0.630. The third-order valence-electron chi connectivity index (χ3n) is 2.29. The quantitative estimate of drug-likeness (QED) is 0.675. The number of aromatic amines is 1. The second kappa shape index (κ2) is 3.37. The molecule has 0 amide bonds. The molecule has 5 heteroatoms. The van der Waals surface area contributed by atoms with Crippen molar-refractivity contribution in [2.24, 2.45) is 0 Å². The Labute approximate surface area is 90.2 Å². The van der Waals surface area contributed by atoms with Gasteiger partial charge in [0.2, 0.25) is 0 Å². The highest BCUT2D eigenvalue weighted by molar-refractivity contribution is 5.74. The number of aromatic nitrogens is 4. The van der Waals surface area contributed by atoms with Gasteiger partial charge in [0.05, 0.1) is 11.8 Å². The van der Waals surface area contributed by atoms with Crippen LogP contribution in [0, 0.1) is 5.82 Å². The van der Waals surface area contributed by atoms with E-state index in [0.717, 1.165) is 0 Å². The topological polar surface area (TPSA) is 54.5 Å². The van der Waals surface area contributed by atoms with Crippen molar-refractivity contribution >= 4 is 11.2 Å². The first-order valence-corrected chi connectivity index (χ1v) is 4.75. The highest BCUT2D eigenvalue weighted by Crippen LogP contribution is 2.21. The summed E-state index contributed by atoms with van der Waals surface area (Å²) in [4.78, 5) is 15.0. The lowest BCUT2D eigenvalue weighted by Crippen LogP contribution is -1.84. The Kier molecular flexibility index (Phi) is 1.89. The summed E-state index contributed by atoms with van der Waals surface area (Å²) in [6, 6.07) is 6.47. The second-order valence-electron chi connectivity index (χ2n) is 3.32. The molecule has 2 heterocycles. The minimum Gasteiger partial charge on any atom is -0.322 e. The maximum Gasteiger partial charge on any atom is 0.161 e. The summed E-state index contributed by atoms with van der Waals surface area (Å²) in [5.41, 5.74) is 1.66. The summed E-state index contributed by atoms with van der Waals surface area (Å²) in [6.07, 6.45) is 3.01. The van der Waals surface area contributed by atoms with Crippen LogP contribution in [0.2, 0.25) is 0 Å². The fourth-order valence-corrected chi connectivity index (χ4v) is 1.54. The van der Waals surface area contributed by atoms with Crippen LogP contribution < -0.4 is 0 Å². The van der Waals surface area contributed by atoms with Crippen molar-refractivity contribution in [3.05, 3.63) is 42.6 Å². The Morgan fingerprint density at radius 3 is 2.88 bits per heavy atom. The van der Waals surface area contributed by atoms with Crippen molar-refractivity contribution in [2.75, 3.05) is 0 Å². The molecule has 3 rings (SSSR count). The first kappa shape index (κ1) is 8.96. The number of rotatable bonds is 1. The normalized spacial score (nSPS) is 10.8. The third kappa shape index (κ3) is 1.33. The fourth-order valence-electron chi connectivity index (χ4n) is 1.54. The van der Waals surface area contributed by atoms with E-state index >= 15 is 0 Å². The Balaban J connectivity index is 2.23. The van der Waals surface area contributed by atoms with E-state index < -0.39 is 0 Å². The van der Waals surface area contributed by atoms with Crippen LogP contribution in [0.25, 0.3) is 22.6 Å². The number of nitrogens with zero attached hydrogens (tertiary/aromatic N) is 3. The molecule has 0 unspecified atom stereocenters. The molecule has 0 aliphatic heterocycles. The van der Waals surface area contributed by atoms with Crippen molar-refractivity contribution in [1.82, 2.24) is 19.9 Å². The van der Waals surface area contributed by atoms with Crippen molar-refractivity contribution in [1.29, 1.82) is 0 Å². The van der Waals surface area contributed by atoms with Gasteiger partial charge in [0.25, 0.3) is 0 Å². The Morgan fingerprint density at radius 2 is 2.06 bits per heavy atom. The minimum atomic E-state index is -0.311. The number of benzene rings is 1. The van der Waals surface area contributed by atoms with Gasteiger partial charge in [0, 0.05) is 0 Å². The Morgan fingerprint density at radius 1 is 1.19 bits per heavy atom. The monoisotopic (exact) mass is 214 g/mol. The largest absolute Gasteiger partial charge is 0.322 e. The van der Waals surface area contributed by atoms with E-state index in [1.54, 1.807) is 24.4 Å². The van der Waals surface area contributed by atoms with Crippen LogP contribution >= 0.6 is 0 Å². The Bertz CT molecular complexity index is 614. The molecule has 1 N–H and O–H groups in total. The highest BCUT2D eigenvalue weighted by atomic mass is 19.1. The number of H-pyrrole nitrogens is 1. The molecule has 4 nitrogen and oxygen atoms in total. The predicted molar refractivity (Wildman–Crippen MR) is 57.1 cm³/mol. The summed E-state index contributed by atoms with van der Waals surface area (Å²) < 4.78 is 13.5. The van der Waals surface area contributed by atoms with Gasteiger partial charge in [-0.2, -0.15) is 0 Å². The van der Waals surface area contributed by atoms with Crippen molar-refractivity contribution < 1.29 is 4.39 Å². The first-order chi connectivity index (χ1) is 7.84. The van der Waals surface area contributed by atoms with E-state index in [1.807, 2.05) is 0 Å². The maximum atomic E-state index is 13.5. The van der Waals surface area contributed by atoms with Crippen LogP contribution in [0.1, 0.15) is 0 Å². The zero-order valence-corrected chi connectivity index (χ0v) is 8.18. The molecule has 0 spiro atoms. The van der Waals surface area contributed by atoms with Gasteiger partial charge in [-0.1, -0.05) is 12.1 Å². The predicted octanol–water partition coefficient (Wildman–Crippen LogP) is 2.16. The molecule has 0 bridgehead atoms. The number of hydrogen-bond donors (Lipinski definition) is 1. The van der Waals surface area contributed by atoms with Crippen LogP contribution in [-0.2, 0) is 0 Å². The molecule has 0 fully saturated rings. The fraction of sp³-hybridized carbons (Fsp3) is 0. The van der Waals surface area contributed by atoms with Crippen molar-refractivity contribution in [2.45, 2.75) is 0 Å². The maximum absolute atomic E-state index is 13.5. The van der Waals surface area contributed by atoms with Crippen molar-refractivity contribution in [3.63, 3.8) is 0 Å². The lowest BCUT2D eigenvalue weighted by atomic mass is 10.2. The van der Waals surface area contributed by atoms with Crippen molar-refractivity contribution in [3.8, 4) is 11.4 Å². The molecule has 16 heavy (non-hydrogen) atoms. The first-order valence-electron chi connectivity index (χ1n) is 4.75. The van der Waals surface area contributed by atoms with E-state index in [1.165, 1.54) is 12.4 Å². The summed E-state index contributed by atoms with van der Waals surface area (Å²) >= 11 is 0. The minimum absolute atomic E-state index is 0.311. The van der Waals surface area contributed by atoms with Gasteiger partial charge in [-0.25, -0.2) is 19.3 Å². The van der Waals surface area contributed by atoms with Crippen LogP contribution in [-0.4, -0.2) is 19.9 Å². The van der Waals surface area contributed by atoms with Crippen LogP contribution in [0.5, 0.6) is 0 Å². The molecule has 3 aromatic rings. The number of halogens is 1. The molecule has 0 aliphatic carbocycles. The summed E-state index contributed by atoms with van der Waals surface area (Å²) in [7, 11) is 0. The van der Waals surface area contributed by atoms with Gasteiger partial charge in [0.15, 0.2) is 5.65 Å². The second-order valence-corrected chi connectivity index (χ2v) is 3.32. The highest BCUT2D eigenvalue weighted by Gasteiger charge is 2.09.